The molecule has 4 rings (SSSR count). The van der Waals surface area contributed by atoms with E-state index in [1.807, 2.05) is 57.2 Å². The third-order valence-corrected chi connectivity index (χ3v) is 6.03. The number of nitrogens with one attached hydrogen (secondary N) is 1. The Morgan fingerprint density at radius 1 is 1.12 bits per heavy atom. The lowest BCUT2D eigenvalue weighted by Gasteiger charge is -2.15. The van der Waals surface area contributed by atoms with E-state index < -0.39 is 5.91 Å². The predicted octanol–water partition coefficient (Wildman–Crippen LogP) is 3.80. The topological polar surface area (TPSA) is 99.2 Å². The van der Waals surface area contributed by atoms with Crippen LogP contribution in [0.2, 0.25) is 0 Å². The van der Waals surface area contributed by atoms with Gasteiger partial charge < -0.3 is 15.8 Å². The molecular formula is C26H30N4O3. The monoisotopic (exact) mass is 446 g/mol. The van der Waals surface area contributed by atoms with Gasteiger partial charge in [-0.25, -0.2) is 4.68 Å². The molecule has 1 aromatic heterocycles. The van der Waals surface area contributed by atoms with Crippen LogP contribution in [-0.2, 0) is 19.4 Å². The summed E-state index contributed by atoms with van der Waals surface area (Å²) in [6.45, 7) is 6.61. The molecule has 0 bridgehead atoms. The minimum atomic E-state index is -0.488. The number of amides is 2. The molecule has 0 fully saturated rings. The maximum absolute atomic E-state index is 12.7. The molecule has 1 heterocycles. The van der Waals surface area contributed by atoms with E-state index in [-0.39, 0.29) is 5.91 Å². The Kier molecular flexibility index (Phi) is 6.49. The third-order valence-electron chi connectivity index (χ3n) is 6.03. The predicted molar refractivity (Wildman–Crippen MR) is 127 cm³/mol. The highest BCUT2D eigenvalue weighted by atomic mass is 16.5. The number of aryl methyl sites for hydroxylation is 3. The number of hydrogen-bond acceptors (Lipinski definition) is 4. The number of carbonyl (C=O) groups excluding carboxylic acids is 2. The van der Waals surface area contributed by atoms with Gasteiger partial charge in [-0.2, -0.15) is 5.10 Å². The Morgan fingerprint density at radius 3 is 2.67 bits per heavy atom. The van der Waals surface area contributed by atoms with Gasteiger partial charge in [-0.3, -0.25) is 9.59 Å². The molecule has 3 N–H and O–H groups in total. The van der Waals surface area contributed by atoms with Crippen molar-refractivity contribution in [3.63, 3.8) is 0 Å². The van der Waals surface area contributed by atoms with E-state index in [1.165, 1.54) is 0 Å². The van der Waals surface area contributed by atoms with Gasteiger partial charge in [0.15, 0.2) is 0 Å². The van der Waals surface area contributed by atoms with Crippen LogP contribution in [0.3, 0.4) is 0 Å². The molecule has 172 valence electrons. The summed E-state index contributed by atoms with van der Waals surface area (Å²) in [4.78, 5) is 25.0. The van der Waals surface area contributed by atoms with Crippen LogP contribution < -0.4 is 15.8 Å². The molecule has 2 aromatic carbocycles. The molecule has 0 radical (unpaired) electrons. The number of nitrogens with zero attached hydrogens (tertiary/aromatic N) is 2. The zero-order chi connectivity index (χ0) is 23.5. The number of carbonyl (C=O) groups is 2. The zero-order valence-corrected chi connectivity index (χ0v) is 19.4. The van der Waals surface area contributed by atoms with E-state index in [1.54, 1.807) is 4.68 Å². The fraction of sp³-hybridized carbons (Fsp3) is 0.346. The second kappa shape index (κ2) is 9.48. The van der Waals surface area contributed by atoms with Crippen LogP contribution in [0, 0.1) is 13.8 Å². The summed E-state index contributed by atoms with van der Waals surface area (Å²) in [5.74, 6) is -0.00898. The van der Waals surface area contributed by atoms with Crippen LogP contribution in [0.15, 0.2) is 36.4 Å². The SMILES string of the molecule is CCOc1cc(CNC(=O)c2cc(C)ccc2C)ccc1-n1nc2c(c1C(N)=O)CCCC2. The lowest BCUT2D eigenvalue weighted by atomic mass is 9.96. The Balaban J connectivity index is 1.63. The first kappa shape index (κ1) is 22.6. The summed E-state index contributed by atoms with van der Waals surface area (Å²) in [6, 6.07) is 11.5. The fourth-order valence-corrected chi connectivity index (χ4v) is 4.35. The van der Waals surface area contributed by atoms with Gasteiger partial charge in [-0.1, -0.05) is 23.8 Å². The zero-order valence-electron chi connectivity index (χ0n) is 19.4. The van der Waals surface area contributed by atoms with Crippen LogP contribution in [0.5, 0.6) is 5.75 Å². The Hall–Kier alpha value is -3.61. The van der Waals surface area contributed by atoms with Gasteiger partial charge in [0, 0.05) is 17.7 Å². The van der Waals surface area contributed by atoms with Crippen molar-refractivity contribution >= 4 is 11.8 Å². The Bertz CT molecular complexity index is 1210. The number of ether oxygens (including phenoxy) is 1. The van der Waals surface area contributed by atoms with Crippen LogP contribution in [0.1, 0.15) is 68.6 Å². The molecule has 7 heteroatoms. The lowest BCUT2D eigenvalue weighted by Crippen LogP contribution is -2.24. The van der Waals surface area contributed by atoms with Crippen molar-refractivity contribution in [2.24, 2.45) is 5.73 Å². The molecule has 33 heavy (non-hydrogen) atoms. The van der Waals surface area contributed by atoms with Crippen molar-refractivity contribution in [3.8, 4) is 11.4 Å². The highest BCUT2D eigenvalue weighted by Gasteiger charge is 2.26. The lowest BCUT2D eigenvalue weighted by molar-refractivity contribution is 0.0948. The van der Waals surface area contributed by atoms with Crippen LogP contribution in [-0.4, -0.2) is 28.2 Å². The van der Waals surface area contributed by atoms with Crippen LogP contribution >= 0.6 is 0 Å². The van der Waals surface area contributed by atoms with Crippen molar-refractivity contribution in [1.29, 1.82) is 0 Å². The van der Waals surface area contributed by atoms with E-state index in [2.05, 4.69) is 5.32 Å². The number of aromatic nitrogens is 2. The third kappa shape index (κ3) is 4.62. The highest BCUT2D eigenvalue weighted by Crippen LogP contribution is 2.31. The van der Waals surface area contributed by atoms with Gasteiger partial charge in [0.25, 0.3) is 11.8 Å². The minimum Gasteiger partial charge on any atom is -0.492 e. The smallest absolute Gasteiger partial charge is 0.267 e. The van der Waals surface area contributed by atoms with Gasteiger partial charge in [0.1, 0.15) is 17.1 Å². The number of hydrogen-bond donors (Lipinski definition) is 2. The van der Waals surface area contributed by atoms with Gasteiger partial charge in [-0.05, 0) is 75.8 Å². The molecule has 0 unspecified atom stereocenters. The van der Waals surface area contributed by atoms with Gasteiger partial charge in [-0.15, -0.1) is 0 Å². The average Bonchev–Trinajstić information content (AvgIpc) is 3.19. The summed E-state index contributed by atoms with van der Waals surface area (Å²) in [7, 11) is 0. The second-order valence-corrected chi connectivity index (χ2v) is 8.49. The van der Waals surface area contributed by atoms with Crippen molar-refractivity contribution in [2.45, 2.75) is 53.0 Å². The summed E-state index contributed by atoms with van der Waals surface area (Å²) in [6.07, 6.45) is 3.73. The Labute approximate surface area is 193 Å². The molecule has 2 amide bonds. The maximum Gasteiger partial charge on any atom is 0.267 e. The first-order valence-corrected chi connectivity index (χ1v) is 11.4. The first-order valence-electron chi connectivity index (χ1n) is 11.4. The van der Waals surface area contributed by atoms with Crippen molar-refractivity contribution in [1.82, 2.24) is 15.1 Å². The molecule has 0 spiro atoms. The number of rotatable bonds is 7. The number of benzene rings is 2. The van der Waals surface area contributed by atoms with E-state index in [9.17, 15) is 9.59 Å². The summed E-state index contributed by atoms with van der Waals surface area (Å²) < 4.78 is 7.53. The molecule has 0 saturated heterocycles. The van der Waals surface area contributed by atoms with Crippen LogP contribution in [0.4, 0.5) is 0 Å². The first-order chi connectivity index (χ1) is 15.9. The second-order valence-electron chi connectivity index (χ2n) is 8.49. The largest absolute Gasteiger partial charge is 0.492 e. The molecular weight excluding hydrogens is 416 g/mol. The van der Waals surface area contributed by atoms with E-state index in [0.717, 1.165) is 53.6 Å². The summed E-state index contributed by atoms with van der Waals surface area (Å²) in [5.41, 5.74) is 12.3. The van der Waals surface area contributed by atoms with Gasteiger partial charge in [0.05, 0.1) is 12.3 Å². The number of nitrogens with two attached hydrogens (primary N) is 1. The van der Waals surface area contributed by atoms with E-state index >= 15 is 0 Å². The van der Waals surface area contributed by atoms with E-state index in [0.29, 0.717) is 35.8 Å². The molecule has 0 atom stereocenters. The van der Waals surface area contributed by atoms with Crippen molar-refractivity contribution in [2.75, 3.05) is 6.61 Å². The van der Waals surface area contributed by atoms with Crippen molar-refractivity contribution < 1.29 is 14.3 Å². The molecule has 0 saturated carbocycles. The van der Waals surface area contributed by atoms with Gasteiger partial charge in [0.2, 0.25) is 0 Å². The molecule has 3 aromatic rings. The average molecular weight is 447 g/mol. The normalized spacial score (nSPS) is 12.8. The van der Waals surface area contributed by atoms with E-state index in [4.69, 9.17) is 15.6 Å². The Morgan fingerprint density at radius 2 is 1.91 bits per heavy atom. The standard InChI is InChI=1S/C26H30N4O3/c1-4-33-23-14-18(15-28-26(32)20-13-16(2)9-10-17(20)3)11-12-22(23)30-24(25(27)31)19-7-5-6-8-21(19)29-30/h9-14H,4-8,15H2,1-3H3,(H2,27,31)(H,28,32). The molecule has 7 nitrogen and oxygen atoms in total. The van der Waals surface area contributed by atoms with Crippen LogP contribution in [0.25, 0.3) is 5.69 Å². The minimum absolute atomic E-state index is 0.117. The quantitative estimate of drug-likeness (QED) is 0.577. The fourth-order valence-electron chi connectivity index (χ4n) is 4.35. The molecule has 1 aliphatic carbocycles. The molecule has 1 aliphatic rings. The van der Waals surface area contributed by atoms with Gasteiger partial charge >= 0.3 is 0 Å². The number of primary amides is 1. The summed E-state index contributed by atoms with van der Waals surface area (Å²) in [5, 5.41) is 7.70. The summed E-state index contributed by atoms with van der Waals surface area (Å²) >= 11 is 0. The number of fused-ring (bicyclic) bond motifs is 1. The maximum atomic E-state index is 12.7. The van der Waals surface area contributed by atoms with Crippen molar-refractivity contribution in [3.05, 3.63) is 75.6 Å². The highest BCUT2D eigenvalue weighted by molar-refractivity contribution is 5.96. The molecule has 0 aliphatic heterocycles.